The van der Waals surface area contributed by atoms with Crippen molar-refractivity contribution in [2.45, 2.75) is 296 Å². The maximum absolute atomic E-state index is 13.1. The first-order valence-corrected chi connectivity index (χ1v) is 24.8. The van der Waals surface area contributed by atoms with E-state index >= 15 is 0 Å². The summed E-state index contributed by atoms with van der Waals surface area (Å²) in [6.45, 7) is 6.48. The third-order valence-electron chi connectivity index (χ3n) is 11.7. The van der Waals surface area contributed by atoms with Crippen LogP contribution in [0.2, 0.25) is 0 Å². The number of amides is 1. The van der Waals surface area contributed by atoms with Crippen LogP contribution < -0.4 is 5.32 Å². The van der Waals surface area contributed by atoms with Crippen molar-refractivity contribution in [1.29, 1.82) is 0 Å². The molecule has 0 aliphatic carbocycles. The topological polar surface area (TPSA) is 95.9 Å². The molecule has 0 saturated carbocycles. The number of unbranched alkanes of at least 4 members (excludes halogenated alkanes) is 33. The lowest BCUT2D eigenvalue weighted by Gasteiger charge is -2.24. The standard InChI is InChI=1S/C49H97NO5/c1-4-7-10-13-16-19-22-23-24-25-26-27-29-32-35-38-41-47(52)46(44-51)50-48(53)43-45(40-37-34-31-28-20-17-14-11-8-5-2)55-49(54)42-39-36-33-30-21-18-15-12-9-6-3/h45-47,51-52H,4-44H2,1-3H3,(H,50,53). The summed E-state index contributed by atoms with van der Waals surface area (Å²) in [5, 5.41) is 23.7. The fourth-order valence-electron chi connectivity index (χ4n) is 7.90. The molecule has 0 aliphatic heterocycles. The fraction of sp³-hybridized carbons (Fsp3) is 0.959. The molecule has 3 unspecified atom stereocenters. The van der Waals surface area contributed by atoms with E-state index in [0.717, 1.165) is 44.9 Å². The van der Waals surface area contributed by atoms with Crippen molar-refractivity contribution in [2.24, 2.45) is 0 Å². The molecular formula is C49H97NO5. The van der Waals surface area contributed by atoms with Gasteiger partial charge in [-0.25, -0.2) is 0 Å². The van der Waals surface area contributed by atoms with Crippen molar-refractivity contribution < 1.29 is 24.5 Å². The van der Waals surface area contributed by atoms with E-state index in [1.54, 1.807) is 0 Å². The van der Waals surface area contributed by atoms with Crippen LogP contribution >= 0.6 is 0 Å². The molecule has 55 heavy (non-hydrogen) atoms. The van der Waals surface area contributed by atoms with Gasteiger partial charge in [-0.15, -0.1) is 0 Å². The normalized spacial score (nSPS) is 13.2. The highest BCUT2D eigenvalue weighted by Crippen LogP contribution is 2.18. The molecule has 0 aromatic rings. The molecule has 6 heteroatoms. The zero-order valence-corrected chi connectivity index (χ0v) is 37.3. The molecule has 3 atom stereocenters. The second-order valence-electron chi connectivity index (χ2n) is 17.2. The first-order chi connectivity index (χ1) is 27.0. The maximum Gasteiger partial charge on any atom is 0.306 e. The van der Waals surface area contributed by atoms with E-state index in [1.165, 1.54) is 186 Å². The van der Waals surface area contributed by atoms with Gasteiger partial charge in [-0.05, 0) is 25.7 Å². The van der Waals surface area contributed by atoms with Crippen molar-refractivity contribution in [3.05, 3.63) is 0 Å². The second kappa shape index (κ2) is 44.0. The third-order valence-corrected chi connectivity index (χ3v) is 11.7. The Hall–Kier alpha value is -1.14. The highest BCUT2D eigenvalue weighted by atomic mass is 16.5. The molecule has 0 aromatic carbocycles. The number of carbonyl (C=O) groups is 2. The molecule has 0 bridgehead atoms. The Bertz CT molecular complexity index is 791. The lowest BCUT2D eigenvalue weighted by atomic mass is 10.0. The van der Waals surface area contributed by atoms with E-state index in [0.29, 0.717) is 19.3 Å². The molecule has 0 heterocycles. The van der Waals surface area contributed by atoms with Gasteiger partial charge in [-0.2, -0.15) is 0 Å². The van der Waals surface area contributed by atoms with E-state index in [1.807, 2.05) is 0 Å². The summed E-state index contributed by atoms with van der Waals surface area (Å²) in [6, 6.07) is -0.691. The minimum atomic E-state index is -0.778. The number of carbonyl (C=O) groups excluding carboxylic acids is 2. The highest BCUT2D eigenvalue weighted by Gasteiger charge is 2.24. The average Bonchev–Trinajstić information content (AvgIpc) is 3.18. The monoisotopic (exact) mass is 780 g/mol. The highest BCUT2D eigenvalue weighted by molar-refractivity contribution is 5.77. The van der Waals surface area contributed by atoms with Crippen LogP contribution in [0.3, 0.4) is 0 Å². The quantitative estimate of drug-likeness (QED) is 0.0422. The number of aliphatic hydroxyl groups is 2. The smallest absolute Gasteiger partial charge is 0.306 e. The van der Waals surface area contributed by atoms with Crippen molar-refractivity contribution >= 4 is 11.9 Å². The van der Waals surface area contributed by atoms with Crippen LogP contribution in [0.4, 0.5) is 0 Å². The Morgan fingerprint density at radius 3 is 1.11 bits per heavy atom. The third kappa shape index (κ3) is 39.5. The first kappa shape index (κ1) is 53.9. The van der Waals surface area contributed by atoms with Gasteiger partial charge in [0.15, 0.2) is 0 Å². The van der Waals surface area contributed by atoms with E-state index in [4.69, 9.17) is 4.74 Å². The number of ether oxygens (including phenoxy) is 1. The van der Waals surface area contributed by atoms with Crippen LogP contribution in [0.5, 0.6) is 0 Å². The van der Waals surface area contributed by atoms with Gasteiger partial charge in [-0.3, -0.25) is 9.59 Å². The maximum atomic E-state index is 13.1. The number of hydrogen-bond donors (Lipinski definition) is 3. The lowest BCUT2D eigenvalue weighted by Crippen LogP contribution is -2.46. The Labute approximate surface area is 343 Å². The lowest BCUT2D eigenvalue weighted by molar-refractivity contribution is -0.151. The minimum Gasteiger partial charge on any atom is -0.462 e. The zero-order valence-electron chi connectivity index (χ0n) is 37.3. The van der Waals surface area contributed by atoms with Crippen LogP contribution in [0.25, 0.3) is 0 Å². The predicted octanol–water partition coefficient (Wildman–Crippen LogP) is 14.4. The van der Waals surface area contributed by atoms with Gasteiger partial charge >= 0.3 is 5.97 Å². The van der Waals surface area contributed by atoms with Gasteiger partial charge in [-0.1, -0.05) is 239 Å². The van der Waals surface area contributed by atoms with E-state index in [-0.39, 0.29) is 24.9 Å². The molecule has 3 N–H and O–H groups in total. The predicted molar refractivity (Wildman–Crippen MR) is 237 cm³/mol. The van der Waals surface area contributed by atoms with E-state index in [9.17, 15) is 19.8 Å². The van der Waals surface area contributed by atoms with Crippen LogP contribution in [-0.2, 0) is 14.3 Å². The van der Waals surface area contributed by atoms with Crippen LogP contribution in [-0.4, -0.2) is 46.9 Å². The molecule has 0 spiro atoms. The SMILES string of the molecule is CCCCCCCCCCCCCCCCCCC(O)C(CO)NC(=O)CC(CCCCCCCCCCCC)OC(=O)CCCCCCCCCCCC. The molecule has 0 fully saturated rings. The Kier molecular flexibility index (Phi) is 43.1. The second-order valence-corrected chi connectivity index (χ2v) is 17.2. The van der Waals surface area contributed by atoms with Gasteiger partial charge in [0, 0.05) is 6.42 Å². The van der Waals surface area contributed by atoms with Gasteiger partial charge in [0.2, 0.25) is 5.91 Å². The van der Waals surface area contributed by atoms with Gasteiger partial charge < -0.3 is 20.3 Å². The minimum absolute atomic E-state index is 0.0868. The summed E-state index contributed by atoms with van der Waals surface area (Å²) in [5.41, 5.74) is 0. The fourth-order valence-corrected chi connectivity index (χ4v) is 7.90. The van der Waals surface area contributed by atoms with Crippen molar-refractivity contribution in [3.8, 4) is 0 Å². The van der Waals surface area contributed by atoms with Crippen molar-refractivity contribution in [2.75, 3.05) is 6.61 Å². The Morgan fingerprint density at radius 2 is 0.764 bits per heavy atom. The molecule has 0 saturated heterocycles. The molecule has 0 rings (SSSR count). The molecule has 0 radical (unpaired) electrons. The molecular weight excluding hydrogens is 683 g/mol. The molecule has 6 nitrogen and oxygen atoms in total. The van der Waals surface area contributed by atoms with Crippen LogP contribution in [0.1, 0.15) is 278 Å². The number of esters is 1. The summed E-state index contributed by atoms with van der Waals surface area (Å²) in [7, 11) is 0. The molecule has 1 amide bonds. The van der Waals surface area contributed by atoms with E-state index < -0.39 is 18.2 Å². The largest absolute Gasteiger partial charge is 0.462 e. The molecule has 0 aromatic heterocycles. The van der Waals surface area contributed by atoms with Gasteiger partial charge in [0.1, 0.15) is 6.10 Å². The van der Waals surface area contributed by atoms with Gasteiger partial charge in [0.05, 0.1) is 25.2 Å². The summed E-state index contributed by atoms with van der Waals surface area (Å²) in [6.07, 6.45) is 45.9. The summed E-state index contributed by atoms with van der Waals surface area (Å²) in [5.74, 6) is -0.458. The Balaban J connectivity index is 4.41. The van der Waals surface area contributed by atoms with E-state index in [2.05, 4.69) is 26.1 Å². The molecule has 0 aliphatic rings. The van der Waals surface area contributed by atoms with Crippen molar-refractivity contribution in [1.82, 2.24) is 5.32 Å². The summed E-state index contributed by atoms with van der Waals surface area (Å²) in [4.78, 5) is 26.0. The Morgan fingerprint density at radius 1 is 0.455 bits per heavy atom. The number of aliphatic hydroxyl groups excluding tert-OH is 2. The number of nitrogens with one attached hydrogen (secondary N) is 1. The summed E-state index contributed by atoms with van der Waals surface area (Å²) >= 11 is 0. The number of hydrogen-bond acceptors (Lipinski definition) is 5. The first-order valence-electron chi connectivity index (χ1n) is 24.8. The zero-order chi connectivity index (χ0) is 40.3. The van der Waals surface area contributed by atoms with Crippen molar-refractivity contribution in [3.63, 3.8) is 0 Å². The van der Waals surface area contributed by atoms with Gasteiger partial charge in [0.25, 0.3) is 0 Å². The summed E-state index contributed by atoms with van der Waals surface area (Å²) < 4.78 is 5.90. The van der Waals surface area contributed by atoms with Crippen LogP contribution in [0.15, 0.2) is 0 Å². The number of rotatable bonds is 45. The molecule has 328 valence electrons. The average molecular weight is 780 g/mol. The van der Waals surface area contributed by atoms with Crippen LogP contribution in [0, 0.1) is 0 Å².